The Morgan fingerprint density at radius 3 is 2.54 bits per heavy atom. The minimum Gasteiger partial charge on any atom is -0.269 e. The van der Waals surface area contributed by atoms with Gasteiger partial charge < -0.3 is 0 Å². The van der Waals surface area contributed by atoms with Crippen LogP contribution in [0.2, 0.25) is 0 Å². The van der Waals surface area contributed by atoms with Crippen LogP contribution in [0.15, 0.2) is 0 Å². The van der Waals surface area contributed by atoms with E-state index in [2.05, 4.69) is 24.9 Å². The quantitative estimate of drug-likeness (QED) is 0.510. The van der Waals surface area contributed by atoms with Gasteiger partial charge in [0.25, 0.3) is 0 Å². The number of nitrogens with zero attached hydrogens (tertiary/aromatic N) is 2. The lowest BCUT2D eigenvalue weighted by Gasteiger charge is -2.01. The molecule has 0 aromatic carbocycles. The van der Waals surface area contributed by atoms with E-state index in [1.165, 1.54) is 11.3 Å². The van der Waals surface area contributed by atoms with Crippen molar-refractivity contribution < 1.29 is 0 Å². The Bertz CT molecular complexity index is 329. The Kier molecular flexibility index (Phi) is 3.13. The van der Waals surface area contributed by atoms with Crippen molar-refractivity contribution >= 4 is 0 Å². The van der Waals surface area contributed by atoms with Gasteiger partial charge in [0.15, 0.2) is 0 Å². The molecule has 0 radical (unpaired) electrons. The molecule has 0 spiro atoms. The summed E-state index contributed by atoms with van der Waals surface area (Å²) in [5.41, 5.74) is 3.67. The first-order valence-electron chi connectivity index (χ1n) is 4.61. The first-order valence-corrected chi connectivity index (χ1v) is 4.61. The van der Waals surface area contributed by atoms with Crippen molar-refractivity contribution in [3.63, 3.8) is 0 Å². The third-order valence-electron chi connectivity index (χ3n) is 2.43. The van der Waals surface area contributed by atoms with Crippen molar-refractivity contribution in [3.05, 3.63) is 17.0 Å². The van der Waals surface area contributed by atoms with Crippen LogP contribution in [0.3, 0.4) is 0 Å². The van der Waals surface area contributed by atoms with Crippen molar-refractivity contribution in [2.24, 2.45) is 0 Å². The van der Waals surface area contributed by atoms with Gasteiger partial charge in [-0.05, 0) is 32.8 Å². The van der Waals surface area contributed by atoms with Gasteiger partial charge in [0.1, 0.15) is 0 Å². The maximum Gasteiger partial charge on any atom is 0.0625 e. The number of hydrogen-bond donors (Lipinski definition) is 0. The lowest BCUT2D eigenvalue weighted by atomic mass is 10.2. The van der Waals surface area contributed by atoms with Crippen molar-refractivity contribution in [2.45, 2.75) is 40.2 Å². The van der Waals surface area contributed by atoms with Gasteiger partial charge in [-0.3, -0.25) is 4.68 Å². The van der Waals surface area contributed by atoms with Crippen LogP contribution in [0.5, 0.6) is 0 Å². The SMILES string of the molecule is C#CCCCn1nc(C)c(C)c1C. The summed E-state index contributed by atoms with van der Waals surface area (Å²) in [6, 6.07) is 0. The fourth-order valence-electron chi connectivity index (χ4n) is 1.34. The topological polar surface area (TPSA) is 17.8 Å². The summed E-state index contributed by atoms with van der Waals surface area (Å²) in [6.07, 6.45) is 7.03. The second-order valence-corrected chi connectivity index (χ2v) is 3.33. The van der Waals surface area contributed by atoms with E-state index in [1.54, 1.807) is 0 Å². The normalized spacial score (nSPS) is 10.0. The largest absolute Gasteiger partial charge is 0.269 e. The zero-order valence-electron chi connectivity index (χ0n) is 8.59. The third-order valence-corrected chi connectivity index (χ3v) is 2.43. The first-order chi connectivity index (χ1) is 6.16. The smallest absolute Gasteiger partial charge is 0.0625 e. The standard InChI is InChI=1S/C11H16N2/c1-5-6-7-8-13-11(4)9(2)10(3)12-13/h1H,6-8H2,2-4H3. The number of unbranched alkanes of at least 4 members (excludes halogenated alkanes) is 1. The minimum atomic E-state index is 0.831. The molecule has 0 aliphatic heterocycles. The second kappa shape index (κ2) is 4.13. The summed E-state index contributed by atoms with van der Waals surface area (Å²) in [7, 11) is 0. The molecule has 1 heterocycles. The predicted octanol–water partition coefficient (Wildman–Crippen LogP) is 2.22. The highest BCUT2D eigenvalue weighted by Gasteiger charge is 2.05. The first kappa shape index (κ1) is 9.85. The second-order valence-electron chi connectivity index (χ2n) is 3.33. The van der Waals surface area contributed by atoms with E-state index >= 15 is 0 Å². The van der Waals surface area contributed by atoms with Gasteiger partial charge in [0.05, 0.1) is 5.69 Å². The Morgan fingerprint density at radius 2 is 2.08 bits per heavy atom. The summed E-state index contributed by atoms with van der Waals surface area (Å²) in [5.74, 6) is 2.64. The molecule has 0 aliphatic carbocycles. The molecule has 13 heavy (non-hydrogen) atoms. The van der Waals surface area contributed by atoms with Gasteiger partial charge in [-0.15, -0.1) is 12.3 Å². The molecule has 1 aromatic rings. The predicted molar refractivity (Wildman–Crippen MR) is 54.5 cm³/mol. The monoisotopic (exact) mass is 176 g/mol. The van der Waals surface area contributed by atoms with E-state index in [0.29, 0.717) is 0 Å². The molecule has 70 valence electrons. The molecule has 0 amide bonds. The maximum atomic E-state index is 5.19. The molecule has 0 saturated heterocycles. The van der Waals surface area contributed by atoms with Crippen molar-refractivity contribution in [1.82, 2.24) is 9.78 Å². The van der Waals surface area contributed by atoms with E-state index in [1.807, 2.05) is 11.6 Å². The highest BCUT2D eigenvalue weighted by atomic mass is 15.3. The molecule has 0 atom stereocenters. The van der Waals surface area contributed by atoms with Gasteiger partial charge in [0.2, 0.25) is 0 Å². The summed E-state index contributed by atoms with van der Waals surface area (Å²) in [4.78, 5) is 0. The highest BCUT2D eigenvalue weighted by molar-refractivity contribution is 5.21. The third kappa shape index (κ3) is 2.12. The number of hydrogen-bond acceptors (Lipinski definition) is 1. The van der Waals surface area contributed by atoms with Crippen LogP contribution in [-0.2, 0) is 6.54 Å². The van der Waals surface area contributed by atoms with Gasteiger partial charge >= 0.3 is 0 Å². The minimum absolute atomic E-state index is 0.831. The summed E-state index contributed by atoms with van der Waals surface area (Å²) in [5, 5.41) is 4.43. The summed E-state index contributed by atoms with van der Waals surface area (Å²) in [6.45, 7) is 7.19. The van der Waals surface area contributed by atoms with Crippen LogP contribution in [-0.4, -0.2) is 9.78 Å². The number of terminal acetylenes is 1. The van der Waals surface area contributed by atoms with Crippen molar-refractivity contribution in [1.29, 1.82) is 0 Å². The van der Waals surface area contributed by atoms with Gasteiger partial charge in [-0.2, -0.15) is 5.10 Å². The zero-order chi connectivity index (χ0) is 9.84. The molecule has 0 saturated carbocycles. The zero-order valence-corrected chi connectivity index (χ0v) is 8.59. The van der Waals surface area contributed by atoms with Crippen LogP contribution in [0.25, 0.3) is 0 Å². The molecule has 0 N–H and O–H groups in total. The Hall–Kier alpha value is -1.23. The summed E-state index contributed by atoms with van der Waals surface area (Å²) >= 11 is 0. The van der Waals surface area contributed by atoms with Gasteiger partial charge in [0, 0.05) is 18.7 Å². The van der Waals surface area contributed by atoms with E-state index < -0.39 is 0 Å². The molecule has 1 aromatic heterocycles. The Labute approximate surface area is 80.0 Å². The molecule has 0 unspecified atom stereocenters. The van der Waals surface area contributed by atoms with Crippen molar-refractivity contribution in [2.75, 3.05) is 0 Å². The fourth-order valence-corrected chi connectivity index (χ4v) is 1.34. The Balaban J connectivity index is 2.68. The van der Waals surface area contributed by atoms with E-state index in [0.717, 1.165) is 25.1 Å². The average Bonchev–Trinajstić information content (AvgIpc) is 2.34. The maximum absolute atomic E-state index is 5.19. The number of aryl methyl sites for hydroxylation is 2. The van der Waals surface area contributed by atoms with Crippen LogP contribution in [0, 0.1) is 33.1 Å². The lowest BCUT2D eigenvalue weighted by Crippen LogP contribution is -2.02. The molecule has 0 bridgehead atoms. The number of rotatable bonds is 3. The van der Waals surface area contributed by atoms with Crippen LogP contribution in [0.4, 0.5) is 0 Å². The average molecular weight is 176 g/mol. The van der Waals surface area contributed by atoms with E-state index in [-0.39, 0.29) is 0 Å². The molecule has 2 heteroatoms. The van der Waals surface area contributed by atoms with Gasteiger partial charge in [-0.25, -0.2) is 0 Å². The van der Waals surface area contributed by atoms with Crippen LogP contribution >= 0.6 is 0 Å². The molecule has 0 fully saturated rings. The summed E-state index contributed by atoms with van der Waals surface area (Å²) < 4.78 is 2.04. The molecule has 1 rings (SSSR count). The molecule has 0 aliphatic rings. The van der Waals surface area contributed by atoms with Crippen LogP contribution < -0.4 is 0 Å². The molecule has 2 nitrogen and oxygen atoms in total. The van der Waals surface area contributed by atoms with Crippen LogP contribution in [0.1, 0.15) is 29.8 Å². The van der Waals surface area contributed by atoms with E-state index in [4.69, 9.17) is 6.42 Å². The lowest BCUT2D eigenvalue weighted by molar-refractivity contribution is 0.569. The van der Waals surface area contributed by atoms with E-state index in [9.17, 15) is 0 Å². The molecular formula is C11H16N2. The Morgan fingerprint density at radius 1 is 1.38 bits per heavy atom. The molecular weight excluding hydrogens is 160 g/mol. The van der Waals surface area contributed by atoms with Crippen molar-refractivity contribution in [3.8, 4) is 12.3 Å². The highest BCUT2D eigenvalue weighted by Crippen LogP contribution is 2.11. The van der Waals surface area contributed by atoms with Gasteiger partial charge in [-0.1, -0.05) is 0 Å². The fraction of sp³-hybridized carbons (Fsp3) is 0.545. The number of aromatic nitrogens is 2.